The molecule has 0 N–H and O–H groups in total. The monoisotopic (exact) mass is 386 g/mol. The second kappa shape index (κ2) is 7.04. The molecule has 0 atom stereocenters. The van der Waals surface area contributed by atoms with Gasteiger partial charge in [-0.2, -0.15) is 8.78 Å². The van der Waals surface area contributed by atoms with Gasteiger partial charge < -0.3 is 9.47 Å². The van der Waals surface area contributed by atoms with Crippen LogP contribution in [-0.2, 0) is 10.1 Å². The van der Waals surface area contributed by atoms with Crippen molar-refractivity contribution in [1.82, 2.24) is 0 Å². The van der Waals surface area contributed by atoms with E-state index < -0.39 is 12.6 Å². The molecular weight excluding hydrogens is 378 g/mol. The normalized spacial score (nSPS) is 10.6. The van der Waals surface area contributed by atoms with Gasteiger partial charge >= 0.3 is 12.6 Å². The molecule has 18 heavy (non-hydrogen) atoms. The van der Waals surface area contributed by atoms with Gasteiger partial charge in [0.05, 0.1) is 12.2 Å². The smallest absolute Gasteiger partial charge is 0.387 e. The molecule has 0 heterocycles. The number of hydrogen-bond donors (Lipinski definition) is 0. The largest absolute Gasteiger partial charge is 0.462 e. The van der Waals surface area contributed by atoms with E-state index in [0.29, 0.717) is 10.0 Å². The SMILES string of the molecule is CCOC(=O)c1cc(Br)cc(OC(F)F)c1CBr. The maximum atomic E-state index is 12.3. The van der Waals surface area contributed by atoms with Crippen LogP contribution >= 0.6 is 31.9 Å². The van der Waals surface area contributed by atoms with Crippen LogP contribution in [0, 0.1) is 0 Å². The summed E-state index contributed by atoms with van der Waals surface area (Å²) in [4.78, 5) is 11.7. The fourth-order valence-corrected chi connectivity index (χ4v) is 2.36. The molecule has 100 valence electrons. The predicted molar refractivity (Wildman–Crippen MR) is 69.4 cm³/mol. The van der Waals surface area contributed by atoms with Crippen molar-refractivity contribution >= 4 is 37.8 Å². The van der Waals surface area contributed by atoms with Crippen molar-refractivity contribution in [2.45, 2.75) is 18.9 Å². The number of halogens is 4. The first-order valence-corrected chi connectivity index (χ1v) is 6.91. The summed E-state index contributed by atoms with van der Waals surface area (Å²) in [5, 5.41) is 0.205. The Hall–Kier alpha value is -0.690. The maximum absolute atomic E-state index is 12.3. The summed E-state index contributed by atoms with van der Waals surface area (Å²) in [7, 11) is 0. The molecule has 1 rings (SSSR count). The first-order valence-electron chi connectivity index (χ1n) is 4.99. The van der Waals surface area contributed by atoms with E-state index in [9.17, 15) is 13.6 Å². The molecule has 1 aromatic carbocycles. The van der Waals surface area contributed by atoms with Crippen LogP contribution in [0.5, 0.6) is 5.75 Å². The zero-order valence-electron chi connectivity index (χ0n) is 9.38. The van der Waals surface area contributed by atoms with Crippen molar-refractivity contribution in [2.75, 3.05) is 6.61 Å². The van der Waals surface area contributed by atoms with E-state index in [1.165, 1.54) is 12.1 Å². The fraction of sp³-hybridized carbons (Fsp3) is 0.364. The maximum Gasteiger partial charge on any atom is 0.387 e. The Morgan fingerprint density at radius 3 is 2.61 bits per heavy atom. The summed E-state index contributed by atoms with van der Waals surface area (Å²) < 4.78 is 34.3. The number of benzene rings is 1. The molecule has 0 spiro atoms. The highest BCUT2D eigenvalue weighted by Crippen LogP contribution is 2.31. The van der Waals surface area contributed by atoms with Gasteiger partial charge in [-0.3, -0.25) is 0 Å². The molecule has 0 amide bonds. The highest BCUT2D eigenvalue weighted by Gasteiger charge is 2.19. The van der Waals surface area contributed by atoms with Gasteiger partial charge in [-0.15, -0.1) is 0 Å². The average molecular weight is 388 g/mol. The summed E-state index contributed by atoms with van der Waals surface area (Å²) in [6, 6.07) is 2.89. The van der Waals surface area contributed by atoms with Crippen LogP contribution in [0.15, 0.2) is 16.6 Å². The standard InChI is InChI=1S/C11H10Br2F2O3/c1-2-17-10(16)7-3-6(13)4-9(8(7)5-12)18-11(14)15/h3-4,11H,2,5H2,1H3. The zero-order valence-corrected chi connectivity index (χ0v) is 12.6. The number of ether oxygens (including phenoxy) is 2. The zero-order chi connectivity index (χ0) is 13.7. The lowest BCUT2D eigenvalue weighted by Gasteiger charge is -2.13. The molecule has 0 unspecified atom stereocenters. The summed E-state index contributed by atoms with van der Waals surface area (Å²) in [5.74, 6) is -0.633. The minimum absolute atomic E-state index is 0.0562. The lowest BCUT2D eigenvalue weighted by Crippen LogP contribution is -2.11. The number of alkyl halides is 3. The molecule has 1 aromatic rings. The highest BCUT2D eigenvalue weighted by molar-refractivity contribution is 9.10. The predicted octanol–water partition coefficient (Wildman–Crippen LogP) is 4.12. The van der Waals surface area contributed by atoms with E-state index in [-0.39, 0.29) is 23.2 Å². The molecular formula is C11H10Br2F2O3. The Labute approximate surface area is 120 Å². The number of esters is 1. The number of hydrogen-bond acceptors (Lipinski definition) is 3. The molecule has 0 fully saturated rings. The van der Waals surface area contributed by atoms with Gasteiger partial charge in [-0.05, 0) is 19.1 Å². The van der Waals surface area contributed by atoms with E-state index in [4.69, 9.17) is 4.74 Å². The Bertz CT molecular complexity index is 439. The summed E-state index contributed by atoms with van der Waals surface area (Å²) in [6.07, 6.45) is 0. The highest BCUT2D eigenvalue weighted by atomic mass is 79.9. The van der Waals surface area contributed by atoms with Crippen LogP contribution in [0.4, 0.5) is 8.78 Å². The Balaban J connectivity index is 3.23. The molecule has 0 saturated heterocycles. The van der Waals surface area contributed by atoms with Crippen LogP contribution in [0.1, 0.15) is 22.8 Å². The van der Waals surface area contributed by atoms with Gasteiger partial charge in [0.2, 0.25) is 0 Å². The van der Waals surface area contributed by atoms with Crippen LogP contribution in [-0.4, -0.2) is 19.2 Å². The fourth-order valence-electron chi connectivity index (χ4n) is 1.34. The molecule has 3 nitrogen and oxygen atoms in total. The van der Waals surface area contributed by atoms with Gasteiger partial charge in [-0.25, -0.2) is 4.79 Å². The third-order valence-corrected chi connectivity index (χ3v) is 3.04. The molecule has 0 saturated carbocycles. The van der Waals surface area contributed by atoms with Gasteiger partial charge in [0.1, 0.15) is 5.75 Å². The lowest BCUT2D eigenvalue weighted by atomic mass is 10.1. The summed E-state index contributed by atoms with van der Waals surface area (Å²) in [5.41, 5.74) is 0.524. The van der Waals surface area contributed by atoms with Gasteiger partial charge in [0.15, 0.2) is 0 Å². The van der Waals surface area contributed by atoms with Crippen molar-refractivity contribution in [2.24, 2.45) is 0 Å². The minimum atomic E-state index is -2.95. The Kier molecular flexibility index (Phi) is 6.01. The number of carbonyl (C=O) groups is 1. The van der Waals surface area contributed by atoms with Crippen molar-refractivity contribution in [3.05, 3.63) is 27.7 Å². The lowest BCUT2D eigenvalue weighted by molar-refractivity contribution is -0.0504. The Morgan fingerprint density at radius 1 is 1.44 bits per heavy atom. The quantitative estimate of drug-likeness (QED) is 0.563. The second-order valence-electron chi connectivity index (χ2n) is 3.16. The van der Waals surface area contributed by atoms with Crippen molar-refractivity contribution in [3.8, 4) is 5.75 Å². The number of rotatable bonds is 5. The average Bonchev–Trinajstić information content (AvgIpc) is 2.27. The molecule has 0 aromatic heterocycles. The van der Waals surface area contributed by atoms with Crippen molar-refractivity contribution in [1.29, 1.82) is 0 Å². The van der Waals surface area contributed by atoms with E-state index in [1.807, 2.05) is 0 Å². The topological polar surface area (TPSA) is 35.5 Å². The molecule has 7 heteroatoms. The van der Waals surface area contributed by atoms with E-state index >= 15 is 0 Å². The van der Waals surface area contributed by atoms with Gasteiger partial charge in [-0.1, -0.05) is 31.9 Å². The van der Waals surface area contributed by atoms with Crippen LogP contribution in [0.3, 0.4) is 0 Å². The van der Waals surface area contributed by atoms with Gasteiger partial charge in [0, 0.05) is 15.4 Å². The Morgan fingerprint density at radius 2 is 2.11 bits per heavy atom. The molecule has 0 aliphatic rings. The van der Waals surface area contributed by atoms with Crippen LogP contribution in [0.2, 0.25) is 0 Å². The molecule has 0 aliphatic carbocycles. The van der Waals surface area contributed by atoms with E-state index in [2.05, 4.69) is 36.6 Å². The van der Waals surface area contributed by atoms with Crippen molar-refractivity contribution < 1.29 is 23.0 Å². The van der Waals surface area contributed by atoms with Crippen LogP contribution in [0.25, 0.3) is 0 Å². The summed E-state index contributed by atoms with van der Waals surface area (Å²) >= 11 is 6.28. The minimum Gasteiger partial charge on any atom is -0.462 e. The molecule has 0 radical (unpaired) electrons. The van der Waals surface area contributed by atoms with Gasteiger partial charge in [0.25, 0.3) is 0 Å². The third-order valence-electron chi connectivity index (χ3n) is 2.02. The third kappa shape index (κ3) is 3.91. The molecule has 0 bridgehead atoms. The van der Waals surface area contributed by atoms with E-state index in [1.54, 1.807) is 6.92 Å². The van der Waals surface area contributed by atoms with E-state index in [0.717, 1.165) is 0 Å². The van der Waals surface area contributed by atoms with Crippen molar-refractivity contribution in [3.63, 3.8) is 0 Å². The molecule has 0 aliphatic heterocycles. The van der Waals surface area contributed by atoms with Crippen LogP contribution < -0.4 is 4.74 Å². The first-order chi connectivity index (χ1) is 8.49. The summed E-state index contributed by atoms with van der Waals surface area (Å²) in [6.45, 7) is -1.08. The first kappa shape index (κ1) is 15.4. The number of carbonyl (C=O) groups excluding carboxylic acids is 1. The second-order valence-corrected chi connectivity index (χ2v) is 4.64.